The van der Waals surface area contributed by atoms with E-state index in [9.17, 15) is 4.79 Å². The summed E-state index contributed by atoms with van der Waals surface area (Å²) in [5, 5.41) is 12.1. The van der Waals surface area contributed by atoms with Crippen LogP contribution in [0.25, 0.3) is 11.0 Å². The Labute approximate surface area is 228 Å². The first-order chi connectivity index (χ1) is 18.9. The van der Waals surface area contributed by atoms with Crippen LogP contribution in [0.3, 0.4) is 0 Å². The Balaban J connectivity index is 1.22. The Hall–Kier alpha value is -4.41. The standard InChI is InChI=1S/C28H35N9O2/c1-5-6-16-39-28(38)37-14-12-36(13-15-37)21-10-11-23(29-17-21)31-27-30-18-22-25(34-35(4)26(22)33-27)32-24-19(2)8-7-9-20(24)3/h7-11,17-18H,5-6,12-16H2,1-4H3,(H,32,34)(H,29,30,31,33). The smallest absolute Gasteiger partial charge is 0.409 e. The van der Waals surface area contributed by atoms with E-state index in [0.717, 1.165) is 53.8 Å². The molecule has 1 aliphatic rings. The fourth-order valence-electron chi connectivity index (χ4n) is 4.62. The Morgan fingerprint density at radius 2 is 1.77 bits per heavy atom. The summed E-state index contributed by atoms with van der Waals surface area (Å²) in [6.07, 6.45) is 5.28. The number of pyridine rings is 1. The fraction of sp³-hybridized carbons (Fsp3) is 0.393. The average Bonchev–Trinajstić information content (AvgIpc) is 3.25. The molecule has 11 nitrogen and oxygen atoms in total. The number of carbonyl (C=O) groups excluding carboxylic acids is 1. The van der Waals surface area contributed by atoms with Crippen LogP contribution in [0.2, 0.25) is 0 Å². The monoisotopic (exact) mass is 529 g/mol. The van der Waals surface area contributed by atoms with Crippen LogP contribution in [0.4, 0.5) is 33.8 Å². The van der Waals surface area contributed by atoms with Gasteiger partial charge >= 0.3 is 6.09 Å². The first kappa shape index (κ1) is 26.2. The zero-order valence-electron chi connectivity index (χ0n) is 22.9. The molecule has 3 aromatic heterocycles. The van der Waals surface area contributed by atoms with Gasteiger partial charge in [0.1, 0.15) is 5.82 Å². The second-order valence-corrected chi connectivity index (χ2v) is 9.76. The van der Waals surface area contributed by atoms with Crippen molar-refractivity contribution in [3.8, 4) is 0 Å². The molecular formula is C28H35N9O2. The molecule has 1 fully saturated rings. The lowest BCUT2D eigenvalue weighted by molar-refractivity contribution is 0.0989. The van der Waals surface area contributed by atoms with Crippen molar-refractivity contribution >= 4 is 46.1 Å². The highest BCUT2D eigenvalue weighted by atomic mass is 16.6. The van der Waals surface area contributed by atoms with Gasteiger partial charge in [-0.1, -0.05) is 31.5 Å². The molecule has 0 bridgehead atoms. The number of ether oxygens (including phenoxy) is 1. The van der Waals surface area contributed by atoms with Crippen LogP contribution in [0, 0.1) is 13.8 Å². The highest BCUT2D eigenvalue weighted by molar-refractivity contribution is 5.90. The summed E-state index contributed by atoms with van der Waals surface area (Å²) in [6.45, 7) is 9.43. The van der Waals surface area contributed by atoms with Gasteiger partial charge in [-0.25, -0.2) is 19.4 Å². The minimum atomic E-state index is -0.223. The minimum Gasteiger partial charge on any atom is -0.449 e. The minimum absolute atomic E-state index is 0.223. The number of carbonyl (C=O) groups is 1. The number of piperazine rings is 1. The van der Waals surface area contributed by atoms with Crippen molar-refractivity contribution in [2.75, 3.05) is 48.3 Å². The molecule has 0 aliphatic carbocycles. The van der Waals surface area contributed by atoms with Crippen molar-refractivity contribution < 1.29 is 9.53 Å². The Kier molecular flexibility index (Phi) is 7.76. The van der Waals surface area contributed by atoms with Crippen LogP contribution in [0.15, 0.2) is 42.7 Å². The van der Waals surface area contributed by atoms with E-state index in [2.05, 4.69) is 68.5 Å². The van der Waals surface area contributed by atoms with Gasteiger partial charge in [-0.2, -0.15) is 10.1 Å². The second-order valence-electron chi connectivity index (χ2n) is 9.76. The van der Waals surface area contributed by atoms with E-state index in [-0.39, 0.29) is 6.09 Å². The lowest BCUT2D eigenvalue weighted by Gasteiger charge is -2.35. The molecular weight excluding hydrogens is 494 g/mol. The van der Waals surface area contributed by atoms with Gasteiger partial charge in [-0.3, -0.25) is 0 Å². The van der Waals surface area contributed by atoms with Crippen molar-refractivity contribution in [1.29, 1.82) is 0 Å². The molecule has 0 atom stereocenters. The third-order valence-electron chi connectivity index (χ3n) is 6.92. The van der Waals surface area contributed by atoms with Crippen LogP contribution < -0.4 is 15.5 Å². The van der Waals surface area contributed by atoms with Crippen LogP contribution in [0.5, 0.6) is 0 Å². The molecule has 4 heterocycles. The second kappa shape index (κ2) is 11.5. The number of nitrogens with zero attached hydrogens (tertiary/aromatic N) is 7. The number of fused-ring (bicyclic) bond motifs is 1. The molecule has 1 aliphatic heterocycles. The molecule has 1 amide bonds. The summed E-state index contributed by atoms with van der Waals surface area (Å²) in [4.78, 5) is 29.9. The van der Waals surface area contributed by atoms with E-state index in [1.165, 1.54) is 0 Å². The number of hydrogen-bond donors (Lipinski definition) is 2. The highest BCUT2D eigenvalue weighted by Gasteiger charge is 2.22. The molecule has 5 rings (SSSR count). The van der Waals surface area contributed by atoms with Gasteiger partial charge in [0.15, 0.2) is 11.5 Å². The predicted molar refractivity (Wildman–Crippen MR) is 153 cm³/mol. The zero-order chi connectivity index (χ0) is 27.4. The first-order valence-corrected chi connectivity index (χ1v) is 13.4. The van der Waals surface area contributed by atoms with E-state index in [1.807, 2.05) is 31.4 Å². The fourth-order valence-corrected chi connectivity index (χ4v) is 4.62. The van der Waals surface area contributed by atoms with Crippen LogP contribution >= 0.6 is 0 Å². The molecule has 11 heteroatoms. The van der Waals surface area contributed by atoms with Gasteiger partial charge in [-0.05, 0) is 43.5 Å². The van der Waals surface area contributed by atoms with Crippen LogP contribution in [-0.2, 0) is 11.8 Å². The van der Waals surface area contributed by atoms with Crippen molar-refractivity contribution in [2.45, 2.75) is 33.6 Å². The third kappa shape index (κ3) is 5.87. The largest absolute Gasteiger partial charge is 0.449 e. The molecule has 0 unspecified atom stereocenters. The molecule has 4 aromatic rings. The van der Waals surface area contributed by atoms with Gasteiger partial charge in [-0.15, -0.1) is 0 Å². The molecule has 0 radical (unpaired) electrons. The van der Waals surface area contributed by atoms with Crippen LogP contribution in [-0.4, -0.2) is 68.5 Å². The van der Waals surface area contributed by atoms with E-state index in [4.69, 9.17) is 4.74 Å². The summed E-state index contributed by atoms with van der Waals surface area (Å²) < 4.78 is 7.08. The number of para-hydroxylation sites is 1. The van der Waals surface area contributed by atoms with Crippen molar-refractivity contribution in [3.63, 3.8) is 0 Å². The quantitative estimate of drug-likeness (QED) is 0.307. The number of amides is 1. The number of unbranched alkanes of at least 4 members (excludes halogenated alkanes) is 1. The Bertz CT molecular complexity index is 1420. The van der Waals surface area contributed by atoms with Gasteiger partial charge in [0, 0.05) is 45.1 Å². The highest BCUT2D eigenvalue weighted by Crippen LogP contribution is 2.29. The maximum Gasteiger partial charge on any atom is 0.409 e. The number of nitrogens with one attached hydrogen (secondary N) is 2. The van der Waals surface area contributed by atoms with Gasteiger partial charge in [0.05, 0.1) is 23.9 Å². The van der Waals surface area contributed by atoms with Gasteiger partial charge in [0.25, 0.3) is 0 Å². The third-order valence-corrected chi connectivity index (χ3v) is 6.92. The van der Waals surface area contributed by atoms with Crippen molar-refractivity contribution in [1.82, 2.24) is 29.6 Å². The summed E-state index contributed by atoms with van der Waals surface area (Å²) in [5.41, 5.74) is 5.05. The SMILES string of the molecule is CCCCOC(=O)N1CCN(c2ccc(Nc3ncc4c(Nc5c(C)cccc5C)nn(C)c4n3)nc2)CC1. The number of rotatable bonds is 8. The molecule has 204 valence electrons. The van der Waals surface area contributed by atoms with E-state index in [0.29, 0.717) is 42.9 Å². The molecule has 0 saturated carbocycles. The van der Waals surface area contributed by atoms with Crippen molar-refractivity contribution in [2.24, 2.45) is 7.05 Å². The van der Waals surface area contributed by atoms with E-state index in [1.54, 1.807) is 15.8 Å². The van der Waals surface area contributed by atoms with Crippen molar-refractivity contribution in [3.05, 3.63) is 53.9 Å². The summed E-state index contributed by atoms with van der Waals surface area (Å²) in [7, 11) is 1.87. The average molecular weight is 530 g/mol. The Morgan fingerprint density at radius 1 is 1.00 bits per heavy atom. The van der Waals surface area contributed by atoms with Gasteiger partial charge in [0.2, 0.25) is 5.95 Å². The number of hydrogen-bond acceptors (Lipinski definition) is 9. The topological polar surface area (TPSA) is 113 Å². The molecule has 2 N–H and O–H groups in total. The molecule has 1 aromatic carbocycles. The molecule has 1 saturated heterocycles. The zero-order valence-corrected chi connectivity index (χ0v) is 22.9. The Morgan fingerprint density at radius 3 is 2.46 bits per heavy atom. The number of aromatic nitrogens is 5. The maximum atomic E-state index is 12.2. The summed E-state index contributed by atoms with van der Waals surface area (Å²) >= 11 is 0. The van der Waals surface area contributed by atoms with Gasteiger partial charge < -0.3 is 25.2 Å². The molecule has 39 heavy (non-hydrogen) atoms. The lowest BCUT2D eigenvalue weighted by Crippen LogP contribution is -2.49. The first-order valence-electron chi connectivity index (χ1n) is 13.4. The maximum absolute atomic E-state index is 12.2. The predicted octanol–water partition coefficient (Wildman–Crippen LogP) is 4.92. The van der Waals surface area contributed by atoms with Crippen LogP contribution in [0.1, 0.15) is 30.9 Å². The number of benzene rings is 1. The summed E-state index contributed by atoms with van der Waals surface area (Å²) in [6, 6.07) is 10.1. The normalized spacial score (nSPS) is 13.5. The number of anilines is 5. The molecule has 0 spiro atoms. The van der Waals surface area contributed by atoms with E-state index < -0.39 is 0 Å². The van der Waals surface area contributed by atoms with E-state index >= 15 is 0 Å². The number of aryl methyl sites for hydroxylation is 3. The summed E-state index contributed by atoms with van der Waals surface area (Å²) in [5.74, 6) is 1.81. The lowest BCUT2D eigenvalue weighted by atomic mass is 10.1.